The molecule has 0 aliphatic rings. The third kappa shape index (κ3) is 2.38. The summed E-state index contributed by atoms with van der Waals surface area (Å²) in [5, 5.41) is 20.7. The lowest BCUT2D eigenvalue weighted by Crippen LogP contribution is -1.94. The molecule has 0 radical (unpaired) electrons. The molecule has 0 fully saturated rings. The van der Waals surface area contributed by atoms with Gasteiger partial charge in [0.2, 0.25) is 5.16 Å². The number of nitrogens with one attached hydrogen (secondary N) is 1. The monoisotopic (exact) mass is 323 g/mol. The number of rotatable bonds is 3. The van der Waals surface area contributed by atoms with Crippen molar-refractivity contribution in [3.05, 3.63) is 58.6 Å². The van der Waals surface area contributed by atoms with Crippen molar-refractivity contribution in [2.45, 2.75) is 10.1 Å². The molecule has 1 N–H and O–H groups in total. The second kappa shape index (κ2) is 5.33. The van der Waals surface area contributed by atoms with E-state index in [9.17, 15) is 10.1 Å². The number of aromatic nitrogens is 4. The fraction of sp³-hybridized carbons (Fsp3) is 0. The number of aromatic amines is 1. The Hall–Kier alpha value is -3.00. The van der Waals surface area contributed by atoms with Crippen molar-refractivity contribution in [1.29, 1.82) is 0 Å². The summed E-state index contributed by atoms with van der Waals surface area (Å²) in [6.07, 6.45) is 0. The topological polar surface area (TPSA) is 97.6 Å². The highest BCUT2D eigenvalue weighted by molar-refractivity contribution is 7.99. The van der Waals surface area contributed by atoms with Crippen LogP contribution in [0.15, 0.2) is 58.6 Å². The minimum absolute atomic E-state index is 0.0258. The standard InChI is InChI=1S/C15H9N5O2S/c21-20(22)11-7-3-4-8-12(11)23-15-17-14-13(18-19-15)9-5-1-2-6-10(9)16-14/h1-8H,(H,16,17,19). The summed E-state index contributed by atoms with van der Waals surface area (Å²) >= 11 is 1.12. The Morgan fingerprint density at radius 2 is 1.83 bits per heavy atom. The average Bonchev–Trinajstić information content (AvgIpc) is 2.93. The van der Waals surface area contributed by atoms with Gasteiger partial charge in [-0.3, -0.25) is 10.1 Å². The largest absolute Gasteiger partial charge is 0.338 e. The summed E-state index contributed by atoms with van der Waals surface area (Å²) in [4.78, 5) is 18.7. The first-order chi connectivity index (χ1) is 11.2. The first kappa shape index (κ1) is 13.6. The maximum Gasteiger partial charge on any atom is 0.283 e. The zero-order valence-corrected chi connectivity index (χ0v) is 12.4. The SMILES string of the molecule is O=[N+]([O-])c1ccccc1Sc1nnc2c(n1)[nH]c1ccccc12. The van der Waals surface area contributed by atoms with E-state index in [0.29, 0.717) is 21.2 Å². The summed E-state index contributed by atoms with van der Waals surface area (Å²) in [5.41, 5.74) is 2.25. The normalized spacial score (nSPS) is 11.1. The zero-order valence-electron chi connectivity index (χ0n) is 11.6. The second-order valence-corrected chi connectivity index (χ2v) is 5.80. The van der Waals surface area contributed by atoms with Crippen LogP contribution in [0, 0.1) is 10.1 Å². The molecule has 2 aromatic heterocycles. The Morgan fingerprint density at radius 1 is 1.04 bits per heavy atom. The number of benzene rings is 2. The molecule has 7 nitrogen and oxygen atoms in total. The third-order valence-corrected chi connectivity index (χ3v) is 4.29. The Balaban J connectivity index is 1.78. The molecule has 0 amide bonds. The van der Waals surface area contributed by atoms with E-state index >= 15 is 0 Å². The molecule has 23 heavy (non-hydrogen) atoms. The molecule has 8 heteroatoms. The van der Waals surface area contributed by atoms with Gasteiger partial charge in [0.05, 0.1) is 9.82 Å². The smallest absolute Gasteiger partial charge is 0.283 e. The first-order valence-corrected chi connectivity index (χ1v) is 7.56. The van der Waals surface area contributed by atoms with Crippen LogP contribution >= 0.6 is 11.8 Å². The van der Waals surface area contributed by atoms with E-state index in [1.165, 1.54) is 6.07 Å². The average molecular weight is 323 g/mol. The van der Waals surface area contributed by atoms with Crippen molar-refractivity contribution in [2.24, 2.45) is 0 Å². The Bertz CT molecular complexity index is 1050. The minimum atomic E-state index is -0.419. The number of nitro groups is 1. The number of fused-ring (bicyclic) bond motifs is 3. The lowest BCUT2D eigenvalue weighted by atomic mass is 10.2. The van der Waals surface area contributed by atoms with Gasteiger partial charge >= 0.3 is 0 Å². The van der Waals surface area contributed by atoms with Crippen molar-refractivity contribution < 1.29 is 4.92 Å². The summed E-state index contributed by atoms with van der Waals surface area (Å²) in [7, 11) is 0. The van der Waals surface area contributed by atoms with Gasteiger partial charge in [0, 0.05) is 17.0 Å². The number of nitrogens with zero attached hydrogens (tertiary/aromatic N) is 4. The maximum absolute atomic E-state index is 11.1. The van der Waals surface area contributed by atoms with Gasteiger partial charge in [0.15, 0.2) is 5.65 Å². The molecular formula is C15H9N5O2S. The molecule has 0 saturated heterocycles. The van der Waals surface area contributed by atoms with Gasteiger partial charge in [-0.05, 0) is 23.9 Å². The Morgan fingerprint density at radius 3 is 2.70 bits per heavy atom. The van der Waals surface area contributed by atoms with Gasteiger partial charge in [-0.15, -0.1) is 10.2 Å². The Kier molecular flexibility index (Phi) is 3.16. The second-order valence-electron chi connectivity index (χ2n) is 4.79. The molecule has 0 saturated carbocycles. The highest BCUT2D eigenvalue weighted by Crippen LogP contribution is 2.33. The first-order valence-electron chi connectivity index (χ1n) is 6.75. The predicted octanol–water partition coefficient (Wildman–Crippen LogP) is 3.57. The van der Waals surface area contributed by atoms with Gasteiger partial charge in [-0.25, -0.2) is 4.98 Å². The van der Waals surface area contributed by atoms with Crippen LogP contribution in [0.4, 0.5) is 5.69 Å². The molecule has 4 aromatic rings. The minimum Gasteiger partial charge on any atom is -0.338 e. The summed E-state index contributed by atoms with van der Waals surface area (Å²) in [6, 6.07) is 14.2. The van der Waals surface area contributed by atoms with Gasteiger partial charge < -0.3 is 4.98 Å². The zero-order chi connectivity index (χ0) is 15.8. The molecule has 0 spiro atoms. The van der Waals surface area contributed by atoms with E-state index in [2.05, 4.69) is 20.2 Å². The van der Waals surface area contributed by atoms with E-state index in [1.54, 1.807) is 18.2 Å². The van der Waals surface area contributed by atoms with Crippen LogP contribution < -0.4 is 0 Å². The summed E-state index contributed by atoms with van der Waals surface area (Å²) in [5.74, 6) is 0. The molecule has 0 atom stereocenters. The van der Waals surface area contributed by atoms with E-state index in [0.717, 1.165) is 22.7 Å². The van der Waals surface area contributed by atoms with Gasteiger partial charge in [0.25, 0.3) is 5.69 Å². The van der Waals surface area contributed by atoms with Crippen molar-refractivity contribution in [3.63, 3.8) is 0 Å². The van der Waals surface area contributed by atoms with Gasteiger partial charge in [-0.2, -0.15) is 0 Å². The van der Waals surface area contributed by atoms with E-state index in [1.807, 2.05) is 24.3 Å². The van der Waals surface area contributed by atoms with Crippen LogP contribution in [0.5, 0.6) is 0 Å². The van der Waals surface area contributed by atoms with Crippen molar-refractivity contribution >= 4 is 39.5 Å². The lowest BCUT2D eigenvalue weighted by molar-refractivity contribution is -0.387. The van der Waals surface area contributed by atoms with Crippen molar-refractivity contribution in [1.82, 2.24) is 20.2 Å². The fourth-order valence-corrected chi connectivity index (χ4v) is 3.15. The van der Waals surface area contributed by atoms with E-state index in [4.69, 9.17) is 0 Å². The van der Waals surface area contributed by atoms with Crippen LogP contribution in [-0.4, -0.2) is 25.1 Å². The number of para-hydroxylation sites is 2. The molecule has 0 aliphatic carbocycles. The molecule has 0 aliphatic heterocycles. The van der Waals surface area contributed by atoms with Crippen LogP contribution in [0.2, 0.25) is 0 Å². The molecule has 2 heterocycles. The third-order valence-electron chi connectivity index (χ3n) is 3.37. The maximum atomic E-state index is 11.1. The van der Waals surface area contributed by atoms with E-state index in [-0.39, 0.29) is 5.69 Å². The van der Waals surface area contributed by atoms with Crippen LogP contribution in [-0.2, 0) is 0 Å². The highest BCUT2D eigenvalue weighted by atomic mass is 32.2. The summed E-state index contributed by atoms with van der Waals surface area (Å²) in [6.45, 7) is 0. The van der Waals surface area contributed by atoms with Crippen LogP contribution in [0.1, 0.15) is 0 Å². The van der Waals surface area contributed by atoms with Gasteiger partial charge in [0.1, 0.15) is 5.52 Å². The molecule has 0 bridgehead atoms. The summed E-state index contributed by atoms with van der Waals surface area (Å²) < 4.78 is 0. The number of H-pyrrole nitrogens is 1. The van der Waals surface area contributed by atoms with Gasteiger partial charge in [-0.1, -0.05) is 30.3 Å². The van der Waals surface area contributed by atoms with Crippen LogP contribution in [0.3, 0.4) is 0 Å². The number of hydrogen-bond acceptors (Lipinski definition) is 6. The number of hydrogen-bond donors (Lipinski definition) is 1. The van der Waals surface area contributed by atoms with Crippen molar-refractivity contribution in [2.75, 3.05) is 0 Å². The molecule has 0 unspecified atom stereocenters. The molecular weight excluding hydrogens is 314 g/mol. The lowest BCUT2D eigenvalue weighted by Gasteiger charge is -2.00. The quantitative estimate of drug-likeness (QED) is 0.457. The highest BCUT2D eigenvalue weighted by Gasteiger charge is 2.16. The molecule has 2 aromatic carbocycles. The van der Waals surface area contributed by atoms with E-state index < -0.39 is 4.92 Å². The molecule has 112 valence electrons. The molecule has 4 rings (SSSR count). The predicted molar refractivity (Wildman–Crippen MR) is 86.4 cm³/mol. The van der Waals surface area contributed by atoms with Crippen LogP contribution in [0.25, 0.3) is 22.1 Å². The Labute approximate surface area is 133 Å². The number of nitro benzene ring substituents is 1. The van der Waals surface area contributed by atoms with Crippen molar-refractivity contribution in [3.8, 4) is 0 Å². The fourth-order valence-electron chi connectivity index (χ4n) is 2.34.